The minimum Gasteiger partial charge on any atom is -0.0700 e. The van der Waals surface area contributed by atoms with E-state index in [0.717, 1.165) is 10.9 Å². The van der Waals surface area contributed by atoms with E-state index in [0.29, 0.717) is 0 Å². The molecule has 0 N–H and O–H groups in total. The molecule has 1 aliphatic carbocycles. The molecule has 3 rings (SSSR count). The van der Waals surface area contributed by atoms with Gasteiger partial charge in [-0.25, -0.2) is 0 Å². The second-order valence-electron chi connectivity index (χ2n) is 5.14. The molecule has 0 unspecified atom stereocenters. The van der Waals surface area contributed by atoms with E-state index in [2.05, 4.69) is 83.5 Å². The van der Waals surface area contributed by atoms with E-state index in [1.165, 1.54) is 16.7 Å². The van der Waals surface area contributed by atoms with Crippen molar-refractivity contribution in [3.05, 3.63) is 76.3 Å². The van der Waals surface area contributed by atoms with Crippen LogP contribution in [0.2, 0.25) is 0 Å². The monoisotopic (exact) mass is 298 g/mol. The molecule has 1 heteroatoms. The van der Waals surface area contributed by atoms with Gasteiger partial charge in [0.2, 0.25) is 0 Å². The van der Waals surface area contributed by atoms with E-state index in [9.17, 15) is 0 Å². The van der Waals surface area contributed by atoms with Crippen LogP contribution in [0.3, 0.4) is 0 Å². The number of benzene rings is 2. The van der Waals surface area contributed by atoms with Gasteiger partial charge in [-0.05, 0) is 35.3 Å². The first-order valence-electron chi connectivity index (χ1n) is 6.21. The Balaban J connectivity index is 1.88. The summed E-state index contributed by atoms with van der Waals surface area (Å²) in [5, 5.41) is 0. The Morgan fingerprint density at radius 1 is 0.944 bits per heavy atom. The van der Waals surface area contributed by atoms with E-state index in [-0.39, 0.29) is 5.41 Å². The summed E-state index contributed by atoms with van der Waals surface area (Å²) in [7, 11) is 0. The van der Waals surface area contributed by atoms with Gasteiger partial charge in [0.05, 0.1) is 0 Å². The molecule has 2 aromatic rings. The third kappa shape index (κ3) is 2.04. The highest BCUT2D eigenvalue weighted by atomic mass is 79.9. The lowest BCUT2D eigenvalue weighted by Gasteiger charge is -2.37. The Morgan fingerprint density at radius 2 is 1.56 bits per heavy atom. The summed E-state index contributed by atoms with van der Waals surface area (Å²) in [5.74, 6) is 0. The van der Waals surface area contributed by atoms with Crippen molar-refractivity contribution in [2.45, 2.75) is 18.8 Å². The molecular weight excluding hydrogens is 284 g/mol. The van der Waals surface area contributed by atoms with Crippen LogP contribution < -0.4 is 0 Å². The first-order valence-corrected chi connectivity index (χ1v) is 7.00. The SMILES string of the molecule is C[C@]1(c2ccccc2)C=C(c2ccc(Br)cc2)C1. The van der Waals surface area contributed by atoms with Gasteiger partial charge in [0, 0.05) is 9.89 Å². The predicted octanol–water partition coefficient (Wildman–Crippen LogP) is 5.19. The van der Waals surface area contributed by atoms with Crippen LogP contribution in [0.25, 0.3) is 5.57 Å². The Morgan fingerprint density at radius 3 is 2.17 bits per heavy atom. The van der Waals surface area contributed by atoms with Crippen molar-refractivity contribution in [3.8, 4) is 0 Å². The predicted molar refractivity (Wildman–Crippen MR) is 80.5 cm³/mol. The fourth-order valence-corrected chi connectivity index (χ4v) is 2.87. The fourth-order valence-electron chi connectivity index (χ4n) is 2.60. The molecule has 90 valence electrons. The highest BCUT2D eigenvalue weighted by Crippen LogP contribution is 2.45. The lowest BCUT2D eigenvalue weighted by Crippen LogP contribution is -2.27. The average Bonchev–Trinajstić information content (AvgIpc) is 2.37. The Bertz CT molecular complexity index is 581. The normalized spacial score (nSPS) is 22.2. The van der Waals surface area contributed by atoms with Gasteiger partial charge in [-0.1, -0.05) is 71.4 Å². The van der Waals surface area contributed by atoms with E-state index in [4.69, 9.17) is 0 Å². The van der Waals surface area contributed by atoms with Crippen molar-refractivity contribution in [2.24, 2.45) is 0 Å². The first kappa shape index (κ1) is 11.7. The number of halogens is 1. The maximum Gasteiger partial charge on any atom is 0.0175 e. The summed E-state index contributed by atoms with van der Waals surface area (Å²) in [6, 6.07) is 19.3. The molecule has 0 aromatic heterocycles. The van der Waals surface area contributed by atoms with E-state index < -0.39 is 0 Å². The van der Waals surface area contributed by atoms with Crippen LogP contribution in [0.5, 0.6) is 0 Å². The topological polar surface area (TPSA) is 0 Å². The van der Waals surface area contributed by atoms with Gasteiger partial charge in [0.25, 0.3) is 0 Å². The van der Waals surface area contributed by atoms with Crippen molar-refractivity contribution < 1.29 is 0 Å². The zero-order chi connectivity index (χ0) is 12.6. The molecule has 18 heavy (non-hydrogen) atoms. The summed E-state index contributed by atoms with van der Waals surface area (Å²) in [4.78, 5) is 0. The number of hydrogen-bond donors (Lipinski definition) is 0. The summed E-state index contributed by atoms with van der Waals surface area (Å²) in [5.41, 5.74) is 4.41. The second-order valence-corrected chi connectivity index (χ2v) is 6.05. The number of allylic oxidation sites excluding steroid dienone is 2. The molecule has 0 saturated heterocycles. The zero-order valence-corrected chi connectivity index (χ0v) is 11.9. The van der Waals surface area contributed by atoms with Gasteiger partial charge < -0.3 is 0 Å². The minimum absolute atomic E-state index is 0.212. The molecule has 0 bridgehead atoms. The lowest BCUT2D eigenvalue weighted by molar-refractivity contribution is 0.570. The molecule has 0 aliphatic heterocycles. The van der Waals surface area contributed by atoms with Crippen LogP contribution in [-0.2, 0) is 5.41 Å². The van der Waals surface area contributed by atoms with Crippen LogP contribution in [-0.4, -0.2) is 0 Å². The van der Waals surface area contributed by atoms with Crippen LogP contribution in [0.1, 0.15) is 24.5 Å². The maximum atomic E-state index is 3.47. The van der Waals surface area contributed by atoms with Crippen LogP contribution >= 0.6 is 15.9 Å². The smallest absolute Gasteiger partial charge is 0.0175 e. The molecular formula is C17H15Br. The molecule has 1 atom stereocenters. The minimum atomic E-state index is 0.212. The molecule has 0 heterocycles. The molecule has 0 fully saturated rings. The summed E-state index contributed by atoms with van der Waals surface area (Å²) in [6.07, 6.45) is 3.52. The Hall–Kier alpha value is -1.34. The standard InChI is InChI=1S/C17H15Br/c1-17(15-5-3-2-4-6-15)11-14(12-17)13-7-9-16(18)10-8-13/h2-11H,12H2,1H3/t17-/m0/s1. The second kappa shape index (κ2) is 4.40. The van der Waals surface area contributed by atoms with Crippen molar-refractivity contribution in [1.82, 2.24) is 0 Å². The van der Waals surface area contributed by atoms with Gasteiger partial charge in [0.1, 0.15) is 0 Å². The van der Waals surface area contributed by atoms with Crippen LogP contribution in [0.4, 0.5) is 0 Å². The number of hydrogen-bond acceptors (Lipinski definition) is 0. The quantitative estimate of drug-likeness (QED) is 0.715. The van der Waals surface area contributed by atoms with Gasteiger partial charge in [-0.15, -0.1) is 0 Å². The first-order chi connectivity index (χ1) is 8.67. The van der Waals surface area contributed by atoms with Gasteiger partial charge >= 0.3 is 0 Å². The highest BCUT2D eigenvalue weighted by Gasteiger charge is 2.33. The van der Waals surface area contributed by atoms with Crippen molar-refractivity contribution in [2.75, 3.05) is 0 Å². The summed E-state index contributed by atoms with van der Waals surface area (Å²) >= 11 is 3.47. The van der Waals surface area contributed by atoms with E-state index in [1.54, 1.807) is 0 Å². The third-order valence-corrected chi connectivity index (χ3v) is 4.23. The summed E-state index contributed by atoms with van der Waals surface area (Å²) in [6.45, 7) is 2.31. The molecule has 0 amide bonds. The molecule has 1 aliphatic rings. The number of rotatable bonds is 2. The Labute approximate surface area is 116 Å². The van der Waals surface area contributed by atoms with Crippen LogP contribution in [0, 0.1) is 0 Å². The third-order valence-electron chi connectivity index (χ3n) is 3.70. The Kier molecular flexibility index (Phi) is 2.87. The van der Waals surface area contributed by atoms with Crippen molar-refractivity contribution >= 4 is 21.5 Å². The molecule has 0 nitrogen and oxygen atoms in total. The van der Waals surface area contributed by atoms with Crippen LogP contribution in [0.15, 0.2) is 65.1 Å². The van der Waals surface area contributed by atoms with Gasteiger partial charge in [-0.3, -0.25) is 0 Å². The van der Waals surface area contributed by atoms with Crippen molar-refractivity contribution in [3.63, 3.8) is 0 Å². The maximum absolute atomic E-state index is 3.47. The molecule has 0 radical (unpaired) electrons. The summed E-state index contributed by atoms with van der Waals surface area (Å²) < 4.78 is 1.14. The largest absolute Gasteiger partial charge is 0.0700 e. The van der Waals surface area contributed by atoms with Crippen molar-refractivity contribution in [1.29, 1.82) is 0 Å². The molecule has 2 aromatic carbocycles. The highest BCUT2D eigenvalue weighted by molar-refractivity contribution is 9.10. The van der Waals surface area contributed by atoms with Gasteiger partial charge in [0.15, 0.2) is 0 Å². The molecule has 0 spiro atoms. The fraction of sp³-hybridized carbons (Fsp3) is 0.176. The van der Waals surface area contributed by atoms with Gasteiger partial charge in [-0.2, -0.15) is 0 Å². The zero-order valence-electron chi connectivity index (χ0n) is 10.4. The molecule has 0 saturated carbocycles. The average molecular weight is 299 g/mol. The van der Waals surface area contributed by atoms with E-state index >= 15 is 0 Å². The lowest BCUT2D eigenvalue weighted by atomic mass is 9.66. The van der Waals surface area contributed by atoms with E-state index in [1.807, 2.05) is 0 Å².